The van der Waals surface area contributed by atoms with Gasteiger partial charge in [0.15, 0.2) is 0 Å². The van der Waals surface area contributed by atoms with Crippen LogP contribution in [0.15, 0.2) is 40.2 Å². The second kappa shape index (κ2) is 6.15. The molecule has 0 atom stereocenters. The van der Waals surface area contributed by atoms with E-state index < -0.39 is 4.92 Å². The lowest BCUT2D eigenvalue weighted by Gasteiger charge is -2.16. The van der Waals surface area contributed by atoms with E-state index in [4.69, 9.17) is 0 Å². The lowest BCUT2D eigenvalue weighted by Crippen LogP contribution is -2.25. The molecule has 0 unspecified atom stereocenters. The maximum absolute atomic E-state index is 12.2. The molecule has 104 valence electrons. The zero-order valence-electron chi connectivity index (χ0n) is 10.6. The number of carbonyl (C=O) groups excluding carboxylic acids is 1. The van der Waals surface area contributed by atoms with E-state index in [1.165, 1.54) is 28.4 Å². The molecule has 1 aromatic carbocycles. The van der Waals surface area contributed by atoms with Crippen LogP contribution < -0.4 is 0 Å². The molecule has 0 spiro atoms. The van der Waals surface area contributed by atoms with Gasteiger partial charge in [0.1, 0.15) is 4.88 Å². The Balaban J connectivity index is 2.14. The minimum absolute atomic E-state index is 0.0284. The van der Waals surface area contributed by atoms with Crippen LogP contribution in [0, 0.1) is 10.1 Å². The van der Waals surface area contributed by atoms with Gasteiger partial charge in [-0.25, -0.2) is 0 Å². The Bertz CT molecular complexity index is 657. The van der Waals surface area contributed by atoms with Crippen molar-refractivity contribution >= 4 is 38.9 Å². The zero-order valence-corrected chi connectivity index (χ0v) is 13.0. The van der Waals surface area contributed by atoms with Crippen molar-refractivity contribution in [1.29, 1.82) is 0 Å². The minimum atomic E-state index is -0.443. The fourth-order valence-electron chi connectivity index (χ4n) is 1.73. The van der Waals surface area contributed by atoms with Crippen LogP contribution in [-0.2, 0) is 6.54 Å². The number of benzene rings is 1. The lowest BCUT2D eigenvalue weighted by atomic mass is 10.2. The molecule has 0 aliphatic rings. The second-order valence-electron chi connectivity index (χ2n) is 4.19. The third kappa shape index (κ3) is 3.23. The van der Waals surface area contributed by atoms with Gasteiger partial charge in [0.05, 0.1) is 4.92 Å². The van der Waals surface area contributed by atoms with E-state index in [1.54, 1.807) is 19.2 Å². The quantitative estimate of drug-likeness (QED) is 0.621. The van der Waals surface area contributed by atoms with Gasteiger partial charge in [-0.15, -0.1) is 11.3 Å². The van der Waals surface area contributed by atoms with Crippen LogP contribution in [0.5, 0.6) is 0 Å². The van der Waals surface area contributed by atoms with Crippen molar-refractivity contribution in [3.8, 4) is 0 Å². The average Bonchev–Trinajstić information content (AvgIpc) is 2.84. The Morgan fingerprint density at radius 3 is 2.80 bits per heavy atom. The molecule has 1 aromatic heterocycles. The lowest BCUT2D eigenvalue weighted by molar-refractivity contribution is -0.384. The van der Waals surface area contributed by atoms with E-state index in [0.717, 1.165) is 10.0 Å². The molecule has 0 aliphatic carbocycles. The van der Waals surface area contributed by atoms with Crippen molar-refractivity contribution in [3.05, 3.63) is 60.7 Å². The van der Waals surface area contributed by atoms with Crippen LogP contribution in [0.3, 0.4) is 0 Å². The van der Waals surface area contributed by atoms with Gasteiger partial charge >= 0.3 is 0 Å². The fraction of sp³-hybridized carbons (Fsp3) is 0.154. The van der Waals surface area contributed by atoms with Crippen LogP contribution in [0.1, 0.15) is 15.2 Å². The highest BCUT2D eigenvalue weighted by atomic mass is 79.9. The summed E-state index contributed by atoms with van der Waals surface area (Å²) in [6.07, 6.45) is 0. The van der Waals surface area contributed by atoms with Crippen molar-refractivity contribution in [3.63, 3.8) is 0 Å². The summed E-state index contributed by atoms with van der Waals surface area (Å²) in [5, 5.41) is 12.6. The van der Waals surface area contributed by atoms with E-state index in [1.807, 2.05) is 11.4 Å². The van der Waals surface area contributed by atoms with E-state index in [2.05, 4.69) is 15.9 Å². The zero-order chi connectivity index (χ0) is 14.7. The van der Waals surface area contributed by atoms with Gasteiger partial charge in [-0.3, -0.25) is 14.9 Å². The number of nitrogens with zero attached hydrogens (tertiary/aromatic N) is 2. The number of non-ortho nitro benzene ring substituents is 1. The molecular weight excluding hydrogens is 344 g/mol. The van der Waals surface area contributed by atoms with Crippen LogP contribution in [0.2, 0.25) is 0 Å². The monoisotopic (exact) mass is 354 g/mol. The maximum atomic E-state index is 12.2. The summed E-state index contributed by atoms with van der Waals surface area (Å²) in [4.78, 5) is 24.7. The highest BCUT2D eigenvalue weighted by Crippen LogP contribution is 2.24. The van der Waals surface area contributed by atoms with Crippen LogP contribution >= 0.6 is 27.3 Å². The van der Waals surface area contributed by atoms with Crippen LogP contribution in [0.25, 0.3) is 0 Å². The summed E-state index contributed by atoms with van der Waals surface area (Å²) in [6.45, 7) is 0.324. The Morgan fingerprint density at radius 2 is 2.20 bits per heavy atom. The normalized spacial score (nSPS) is 10.3. The summed E-state index contributed by atoms with van der Waals surface area (Å²) < 4.78 is 0.762. The molecule has 0 bridgehead atoms. The van der Waals surface area contributed by atoms with Gasteiger partial charge in [-0.1, -0.05) is 12.1 Å². The van der Waals surface area contributed by atoms with E-state index in [-0.39, 0.29) is 11.6 Å². The highest BCUT2D eigenvalue weighted by molar-refractivity contribution is 9.10. The fourth-order valence-corrected chi connectivity index (χ4v) is 3.27. The summed E-state index contributed by atoms with van der Waals surface area (Å²) in [7, 11) is 1.67. The molecular formula is C13H11BrN2O3S. The molecule has 0 radical (unpaired) electrons. The summed E-state index contributed by atoms with van der Waals surface area (Å²) in [5.74, 6) is -0.113. The molecule has 1 heterocycles. The van der Waals surface area contributed by atoms with Crippen molar-refractivity contribution in [1.82, 2.24) is 4.90 Å². The number of carbonyl (C=O) groups is 1. The summed E-state index contributed by atoms with van der Waals surface area (Å²) >= 11 is 4.68. The SMILES string of the molecule is CN(Cc1cccc([N+](=O)[O-])c1)C(=O)c1sccc1Br. The first-order valence-corrected chi connectivity index (χ1v) is 7.38. The number of hydrogen-bond donors (Lipinski definition) is 0. The first-order chi connectivity index (χ1) is 9.49. The number of hydrogen-bond acceptors (Lipinski definition) is 4. The van der Waals surface area contributed by atoms with Gasteiger partial charge < -0.3 is 4.90 Å². The number of halogens is 1. The Kier molecular flexibility index (Phi) is 4.51. The van der Waals surface area contributed by atoms with Gasteiger partial charge in [0.25, 0.3) is 11.6 Å². The molecule has 1 amide bonds. The van der Waals surface area contributed by atoms with Crippen molar-refractivity contribution in [2.24, 2.45) is 0 Å². The molecule has 7 heteroatoms. The molecule has 0 aliphatic heterocycles. The maximum Gasteiger partial charge on any atom is 0.269 e. The van der Waals surface area contributed by atoms with E-state index in [9.17, 15) is 14.9 Å². The van der Waals surface area contributed by atoms with Crippen molar-refractivity contribution < 1.29 is 9.72 Å². The number of nitro groups is 1. The number of thiophene rings is 1. The second-order valence-corrected chi connectivity index (χ2v) is 5.96. The van der Waals surface area contributed by atoms with Gasteiger partial charge in [-0.05, 0) is 32.9 Å². The number of rotatable bonds is 4. The summed E-state index contributed by atoms with van der Waals surface area (Å²) in [5.41, 5.74) is 0.753. The highest BCUT2D eigenvalue weighted by Gasteiger charge is 2.17. The number of nitro benzene ring substituents is 1. The third-order valence-electron chi connectivity index (χ3n) is 2.70. The first-order valence-electron chi connectivity index (χ1n) is 5.71. The molecule has 5 nitrogen and oxygen atoms in total. The average molecular weight is 355 g/mol. The predicted molar refractivity (Wildman–Crippen MR) is 80.9 cm³/mol. The minimum Gasteiger partial charge on any atom is -0.337 e. The van der Waals surface area contributed by atoms with E-state index in [0.29, 0.717) is 11.4 Å². The largest absolute Gasteiger partial charge is 0.337 e. The number of amides is 1. The molecule has 0 saturated carbocycles. The standard InChI is InChI=1S/C13H11BrN2O3S/c1-15(13(17)12-11(14)5-6-20-12)8-9-3-2-4-10(7-9)16(18)19/h2-7H,8H2,1H3. The Morgan fingerprint density at radius 1 is 1.45 bits per heavy atom. The molecule has 2 rings (SSSR count). The molecule has 2 aromatic rings. The van der Waals surface area contributed by atoms with Crippen LogP contribution in [0.4, 0.5) is 5.69 Å². The smallest absolute Gasteiger partial charge is 0.269 e. The van der Waals surface area contributed by atoms with Crippen LogP contribution in [-0.4, -0.2) is 22.8 Å². The van der Waals surface area contributed by atoms with Gasteiger partial charge in [0.2, 0.25) is 0 Å². The van der Waals surface area contributed by atoms with Crippen molar-refractivity contribution in [2.75, 3.05) is 7.05 Å². The molecule has 0 N–H and O–H groups in total. The topological polar surface area (TPSA) is 63.4 Å². The molecule has 20 heavy (non-hydrogen) atoms. The van der Waals surface area contributed by atoms with E-state index >= 15 is 0 Å². The first kappa shape index (κ1) is 14.7. The third-order valence-corrected chi connectivity index (χ3v) is 4.52. The Labute approximate surface area is 128 Å². The summed E-state index contributed by atoms with van der Waals surface area (Å²) in [6, 6.07) is 8.11. The predicted octanol–water partition coefficient (Wildman–Crippen LogP) is 3.69. The van der Waals surface area contributed by atoms with Gasteiger partial charge in [0, 0.05) is 30.2 Å². The van der Waals surface area contributed by atoms with Crippen molar-refractivity contribution in [2.45, 2.75) is 6.54 Å². The van der Waals surface area contributed by atoms with Gasteiger partial charge in [-0.2, -0.15) is 0 Å². The Hall–Kier alpha value is -1.73. The molecule has 0 fully saturated rings. The molecule has 0 saturated heterocycles.